The van der Waals surface area contributed by atoms with Crippen LogP contribution < -0.4 is 10.2 Å². The Balaban J connectivity index is 4.02. The van der Waals surface area contributed by atoms with Crippen molar-refractivity contribution in [2.75, 3.05) is 40.9 Å². The lowest BCUT2D eigenvalue weighted by atomic mass is 10.0. The van der Waals surface area contributed by atoms with Gasteiger partial charge in [-0.1, -0.05) is 332 Å². The van der Waals surface area contributed by atoms with Crippen LogP contribution in [0, 0.1) is 0 Å². The molecule has 0 spiro atoms. The second-order valence-corrected chi connectivity index (χ2v) is 26.3. The highest BCUT2D eigenvalue weighted by Gasteiger charge is 2.24. The summed E-state index contributed by atoms with van der Waals surface area (Å²) in [5, 5.41) is 14.1. The van der Waals surface area contributed by atoms with Gasteiger partial charge < -0.3 is 28.8 Å². The molecule has 466 valence electrons. The zero-order chi connectivity index (χ0) is 57.7. The number of unbranched alkanes of at least 4 members (excludes halogenated alkanes) is 43. The molecule has 0 aromatic carbocycles. The van der Waals surface area contributed by atoms with Gasteiger partial charge in [0, 0.05) is 6.42 Å². The van der Waals surface area contributed by atoms with Crippen LogP contribution in [0.2, 0.25) is 0 Å². The molecular formula is C70H135N2O6P. The summed E-state index contributed by atoms with van der Waals surface area (Å²) in [6.45, 7) is 4.66. The van der Waals surface area contributed by atoms with Crippen LogP contribution in [-0.2, 0) is 18.4 Å². The molecule has 0 saturated heterocycles. The number of amides is 1. The molecule has 0 aromatic rings. The Morgan fingerprint density at radius 3 is 1.13 bits per heavy atom. The third-order valence-corrected chi connectivity index (χ3v) is 16.8. The van der Waals surface area contributed by atoms with Gasteiger partial charge in [-0.2, -0.15) is 0 Å². The van der Waals surface area contributed by atoms with Crippen LogP contribution in [0.1, 0.15) is 341 Å². The van der Waals surface area contributed by atoms with Crippen molar-refractivity contribution in [1.29, 1.82) is 0 Å². The Hall–Kier alpha value is -1.54. The molecule has 3 unspecified atom stereocenters. The number of nitrogens with one attached hydrogen (secondary N) is 1. The van der Waals surface area contributed by atoms with Crippen LogP contribution in [0.25, 0.3) is 0 Å². The molecule has 0 aromatic heterocycles. The van der Waals surface area contributed by atoms with Crippen LogP contribution in [0.15, 0.2) is 48.6 Å². The van der Waals surface area contributed by atoms with Gasteiger partial charge in [0.25, 0.3) is 7.82 Å². The third-order valence-electron chi connectivity index (χ3n) is 15.8. The third kappa shape index (κ3) is 63.9. The number of likely N-dealkylation sites (N-methyl/N-ethyl adjacent to an activating group) is 1. The minimum absolute atomic E-state index is 0.0134. The van der Waals surface area contributed by atoms with Crippen molar-refractivity contribution in [3.05, 3.63) is 48.6 Å². The second kappa shape index (κ2) is 61.0. The van der Waals surface area contributed by atoms with Gasteiger partial charge in [0.15, 0.2) is 0 Å². The largest absolute Gasteiger partial charge is 0.756 e. The summed E-state index contributed by atoms with van der Waals surface area (Å²) < 4.78 is 23.5. The summed E-state index contributed by atoms with van der Waals surface area (Å²) in [4.78, 5) is 25.7. The van der Waals surface area contributed by atoms with Crippen LogP contribution in [0.4, 0.5) is 0 Å². The lowest BCUT2D eigenvalue weighted by molar-refractivity contribution is -0.870. The van der Waals surface area contributed by atoms with Gasteiger partial charge in [0.2, 0.25) is 5.91 Å². The number of nitrogens with zero attached hydrogens (tertiary/aromatic N) is 1. The van der Waals surface area contributed by atoms with E-state index in [0.717, 1.165) is 64.2 Å². The molecule has 0 radical (unpaired) electrons. The van der Waals surface area contributed by atoms with Crippen molar-refractivity contribution in [2.24, 2.45) is 0 Å². The Bertz CT molecular complexity index is 1430. The van der Waals surface area contributed by atoms with Crippen molar-refractivity contribution < 1.29 is 32.9 Å². The van der Waals surface area contributed by atoms with Gasteiger partial charge >= 0.3 is 0 Å². The number of quaternary nitrogens is 1. The molecule has 0 heterocycles. The van der Waals surface area contributed by atoms with Gasteiger partial charge in [-0.05, 0) is 51.4 Å². The van der Waals surface area contributed by atoms with Gasteiger partial charge in [0.05, 0.1) is 39.9 Å². The highest BCUT2D eigenvalue weighted by atomic mass is 31.2. The predicted octanol–water partition coefficient (Wildman–Crippen LogP) is 21.2. The highest BCUT2D eigenvalue weighted by molar-refractivity contribution is 7.45. The number of aliphatic hydroxyl groups excluding tert-OH is 1. The van der Waals surface area contributed by atoms with Crippen LogP contribution >= 0.6 is 7.82 Å². The molecule has 3 atom stereocenters. The number of carbonyl (C=O) groups excluding carboxylic acids is 1. The molecule has 9 heteroatoms. The fourth-order valence-electron chi connectivity index (χ4n) is 10.5. The van der Waals surface area contributed by atoms with Crippen LogP contribution in [0.3, 0.4) is 0 Å². The Kier molecular flexibility index (Phi) is 59.8. The Labute approximate surface area is 492 Å². The number of allylic oxidation sites excluding steroid dienone is 8. The van der Waals surface area contributed by atoms with E-state index in [-0.39, 0.29) is 19.1 Å². The number of aliphatic hydroxyl groups is 1. The number of phosphoric acid groups is 1. The summed E-state index contributed by atoms with van der Waals surface area (Å²) in [6.07, 6.45) is 81.8. The Morgan fingerprint density at radius 1 is 0.456 bits per heavy atom. The van der Waals surface area contributed by atoms with Crippen molar-refractivity contribution in [1.82, 2.24) is 5.32 Å². The van der Waals surface area contributed by atoms with E-state index in [9.17, 15) is 19.4 Å². The number of hydrogen-bond acceptors (Lipinski definition) is 6. The number of carbonyl (C=O) groups is 1. The summed E-state index contributed by atoms with van der Waals surface area (Å²) in [7, 11) is 1.32. The van der Waals surface area contributed by atoms with Gasteiger partial charge in [-0.3, -0.25) is 9.36 Å². The van der Waals surface area contributed by atoms with E-state index < -0.39 is 20.0 Å². The quantitative estimate of drug-likeness (QED) is 0.0272. The molecule has 0 bridgehead atoms. The monoisotopic (exact) mass is 1130 g/mol. The molecule has 1 amide bonds. The topological polar surface area (TPSA) is 108 Å². The SMILES string of the molecule is CC/C=C\C/C=C\C/C=C\C/C=C\CCCCCCCCCCCCCCCCCCCCC(=O)NC(COP(=O)([O-])OCC[N+](C)(C)C)C(O)CCCCCCCCCCCCCCCCCCCCCCCCCCCC. The minimum Gasteiger partial charge on any atom is -0.756 e. The van der Waals surface area contributed by atoms with E-state index >= 15 is 0 Å². The molecule has 0 aliphatic heterocycles. The number of phosphoric ester groups is 1. The standard InChI is InChI=1S/C70H135N2O6P/c1-6-8-10-12-14-16-18-20-22-24-26-28-30-32-34-35-36-37-38-40-42-44-46-48-50-52-54-56-58-60-62-64-70(74)71-68(67-78-79(75,76)77-66-65-72(3,4)5)69(73)63-61-59-57-55-53-51-49-47-45-43-41-39-33-31-29-27-25-23-21-19-17-15-13-11-9-7-2/h8,10,14,16,20,22,26,28,68-69,73H,6-7,9,11-13,15,17-19,21,23-25,27,29-67H2,1-5H3,(H-,71,74,75,76)/b10-8-,16-14-,22-20-,28-26-. The van der Waals surface area contributed by atoms with Crippen molar-refractivity contribution in [3.8, 4) is 0 Å². The van der Waals surface area contributed by atoms with Gasteiger partial charge in [-0.15, -0.1) is 0 Å². The first-order valence-electron chi connectivity index (χ1n) is 34.5. The predicted molar refractivity (Wildman–Crippen MR) is 344 cm³/mol. The van der Waals surface area contributed by atoms with E-state index in [2.05, 4.69) is 67.8 Å². The average Bonchev–Trinajstić information content (AvgIpc) is 3.42. The van der Waals surface area contributed by atoms with E-state index in [1.54, 1.807) is 0 Å². The van der Waals surface area contributed by atoms with Crippen molar-refractivity contribution >= 4 is 13.7 Å². The van der Waals surface area contributed by atoms with E-state index in [1.807, 2.05) is 21.1 Å². The number of rotatable bonds is 64. The smallest absolute Gasteiger partial charge is 0.268 e. The second-order valence-electron chi connectivity index (χ2n) is 24.9. The molecule has 0 aliphatic rings. The van der Waals surface area contributed by atoms with E-state index in [4.69, 9.17) is 9.05 Å². The van der Waals surface area contributed by atoms with E-state index in [1.165, 1.54) is 250 Å². The molecule has 0 rings (SSSR count). The molecule has 0 fully saturated rings. The molecule has 0 aliphatic carbocycles. The van der Waals surface area contributed by atoms with Crippen LogP contribution in [0.5, 0.6) is 0 Å². The fraction of sp³-hybridized carbons (Fsp3) is 0.871. The first kappa shape index (κ1) is 77.5. The summed E-state index contributed by atoms with van der Waals surface area (Å²) in [5.41, 5.74) is 0. The fourth-order valence-corrected chi connectivity index (χ4v) is 11.2. The maximum absolute atomic E-state index is 13.1. The molecule has 2 N–H and O–H groups in total. The van der Waals surface area contributed by atoms with Crippen LogP contribution in [-0.4, -0.2) is 68.5 Å². The summed E-state index contributed by atoms with van der Waals surface area (Å²) in [5.74, 6) is -0.159. The Morgan fingerprint density at radius 2 is 0.772 bits per heavy atom. The highest BCUT2D eigenvalue weighted by Crippen LogP contribution is 2.38. The first-order chi connectivity index (χ1) is 38.5. The normalized spacial score (nSPS) is 14.0. The molecular weight excluding hydrogens is 996 g/mol. The zero-order valence-corrected chi connectivity index (χ0v) is 54.2. The molecule has 0 saturated carbocycles. The number of hydrogen-bond donors (Lipinski definition) is 2. The minimum atomic E-state index is -4.58. The van der Waals surface area contributed by atoms with Gasteiger partial charge in [-0.25, -0.2) is 0 Å². The van der Waals surface area contributed by atoms with Gasteiger partial charge in [0.1, 0.15) is 13.2 Å². The lowest BCUT2D eigenvalue weighted by Gasteiger charge is -2.30. The maximum atomic E-state index is 13.1. The summed E-state index contributed by atoms with van der Waals surface area (Å²) >= 11 is 0. The van der Waals surface area contributed by atoms with Crippen molar-refractivity contribution in [2.45, 2.75) is 353 Å². The molecule has 8 nitrogen and oxygen atoms in total. The average molecular weight is 1130 g/mol. The van der Waals surface area contributed by atoms with E-state index in [0.29, 0.717) is 23.9 Å². The summed E-state index contributed by atoms with van der Waals surface area (Å²) in [6, 6.07) is -0.802. The maximum Gasteiger partial charge on any atom is 0.268 e. The first-order valence-corrected chi connectivity index (χ1v) is 35.9. The lowest BCUT2D eigenvalue weighted by Crippen LogP contribution is -2.46. The van der Waals surface area contributed by atoms with Crippen molar-refractivity contribution in [3.63, 3.8) is 0 Å². The molecule has 79 heavy (non-hydrogen) atoms. The zero-order valence-electron chi connectivity index (χ0n) is 53.3.